The monoisotopic (exact) mass is 377 g/mol. The number of nitrogens with zero attached hydrogens (tertiary/aromatic N) is 2. The van der Waals surface area contributed by atoms with Crippen LogP contribution in [0, 0.1) is 11.3 Å². The zero-order chi connectivity index (χ0) is 20.5. The van der Waals surface area contributed by atoms with Gasteiger partial charge in [0.05, 0.1) is 7.11 Å². The topological polar surface area (TPSA) is 82.4 Å². The predicted molar refractivity (Wildman–Crippen MR) is 108 cm³/mol. The molecule has 0 aliphatic rings. The SMILES string of the molecule is COC(=O)C(Cc1ccccc1)NC(=O)C(C#N)=Cc1ccc(N(C)C)cc1. The Kier molecular flexibility index (Phi) is 7.35. The molecule has 0 bridgehead atoms. The largest absolute Gasteiger partial charge is 0.467 e. The summed E-state index contributed by atoms with van der Waals surface area (Å²) in [7, 11) is 5.12. The number of nitrogens with one attached hydrogen (secondary N) is 1. The molecule has 28 heavy (non-hydrogen) atoms. The number of carbonyl (C=O) groups is 2. The summed E-state index contributed by atoms with van der Waals surface area (Å²) < 4.78 is 4.79. The first-order chi connectivity index (χ1) is 13.4. The molecule has 6 nitrogen and oxygen atoms in total. The average Bonchev–Trinajstić information content (AvgIpc) is 2.71. The second kappa shape index (κ2) is 9.93. The van der Waals surface area contributed by atoms with E-state index >= 15 is 0 Å². The Morgan fingerprint density at radius 3 is 2.32 bits per heavy atom. The van der Waals surface area contributed by atoms with Crippen molar-refractivity contribution in [3.63, 3.8) is 0 Å². The van der Waals surface area contributed by atoms with Crippen LogP contribution in [0.15, 0.2) is 60.2 Å². The van der Waals surface area contributed by atoms with Gasteiger partial charge in [-0.25, -0.2) is 4.79 Å². The number of esters is 1. The lowest BCUT2D eigenvalue weighted by molar-refractivity contribution is -0.144. The highest BCUT2D eigenvalue weighted by Gasteiger charge is 2.23. The van der Waals surface area contributed by atoms with Gasteiger partial charge in [-0.3, -0.25) is 4.79 Å². The van der Waals surface area contributed by atoms with Gasteiger partial charge in [0.1, 0.15) is 17.7 Å². The fourth-order valence-electron chi connectivity index (χ4n) is 2.61. The first-order valence-corrected chi connectivity index (χ1v) is 8.76. The van der Waals surface area contributed by atoms with Crippen LogP contribution in [-0.2, 0) is 20.7 Å². The molecule has 1 amide bonds. The third kappa shape index (κ3) is 5.71. The first-order valence-electron chi connectivity index (χ1n) is 8.76. The second-order valence-corrected chi connectivity index (χ2v) is 6.39. The zero-order valence-corrected chi connectivity index (χ0v) is 16.2. The van der Waals surface area contributed by atoms with E-state index in [0.29, 0.717) is 0 Å². The number of hydrogen-bond donors (Lipinski definition) is 1. The minimum Gasteiger partial charge on any atom is -0.467 e. The summed E-state index contributed by atoms with van der Waals surface area (Å²) in [5.74, 6) is -1.18. The van der Waals surface area contributed by atoms with Crippen molar-refractivity contribution in [3.05, 3.63) is 71.3 Å². The van der Waals surface area contributed by atoms with Crippen LogP contribution in [0.3, 0.4) is 0 Å². The molecule has 2 rings (SSSR count). The van der Waals surface area contributed by atoms with Crippen molar-refractivity contribution in [1.29, 1.82) is 5.26 Å². The van der Waals surface area contributed by atoms with E-state index in [1.165, 1.54) is 13.2 Å². The van der Waals surface area contributed by atoms with Gasteiger partial charge in [-0.2, -0.15) is 5.26 Å². The van der Waals surface area contributed by atoms with Gasteiger partial charge in [-0.15, -0.1) is 0 Å². The zero-order valence-electron chi connectivity index (χ0n) is 16.2. The van der Waals surface area contributed by atoms with Gasteiger partial charge in [-0.1, -0.05) is 42.5 Å². The number of anilines is 1. The third-order valence-electron chi connectivity index (χ3n) is 4.16. The maximum atomic E-state index is 12.6. The fourth-order valence-corrected chi connectivity index (χ4v) is 2.61. The Morgan fingerprint density at radius 1 is 1.14 bits per heavy atom. The van der Waals surface area contributed by atoms with Gasteiger partial charge < -0.3 is 15.0 Å². The average molecular weight is 377 g/mol. The lowest BCUT2D eigenvalue weighted by Gasteiger charge is -2.16. The molecule has 0 saturated carbocycles. The molecule has 144 valence electrons. The Balaban J connectivity index is 2.17. The van der Waals surface area contributed by atoms with Crippen LogP contribution in [0.1, 0.15) is 11.1 Å². The maximum absolute atomic E-state index is 12.6. The molecule has 0 heterocycles. The number of hydrogen-bond acceptors (Lipinski definition) is 5. The van der Waals surface area contributed by atoms with Crippen molar-refractivity contribution < 1.29 is 14.3 Å². The first kappa shape index (κ1) is 20.7. The molecule has 1 unspecified atom stereocenters. The molecule has 0 spiro atoms. The molecule has 0 aliphatic heterocycles. The van der Waals surface area contributed by atoms with Crippen LogP contribution in [0.2, 0.25) is 0 Å². The highest BCUT2D eigenvalue weighted by atomic mass is 16.5. The lowest BCUT2D eigenvalue weighted by atomic mass is 10.0. The minimum atomic E-state index is -0.882. The molecule has 0 aromatic heterocycles. The molecular formula is C22H23N3O3. The molecule has 0 saturated heterocycles. The predicted octanol–water partition coefficient (Wildman–Crippen LogP) is 2.56. The van der Waals surface area contributed by atoms with Gasteiger partial charge in [0.2, 0.25) is 0 Å². The third-order valence-corrected chi connectivity index (χ3v) is 4.16. The van der Waals surface area contributed by atoms with Crippen LogP contribution >= 0.6 is 0 Å². The summed E-state index contributed by atoms with van der Waals surface area (Å²) in [4.78, 5) is 26.6. The van der Waals surface area contributed by atoms with Gasteiger partial charge in [0.25, 0.3) is 5.91 Å². The van der Waals surface area contributed by atoms with Crippen LogP contribution < -0.4 is 10.2 Å². The molecular weight excluding hydrogens is 354 g/mol. The summed E-state index contributed by atoms with van der Waals surface area (Å²) in [6.45, 7) is 0. The molecule has 2 aromatic carbocycles. The quantitative estimate of drug-likeness (QED) is 0.456. The second-order valence-electron chi connectivity index (χ2n) is 6.39. The molecule has 0 aliphatic carbocycles. The minimum absolute atomic E-state index is 0.0837. The van der Waals surface area contributed by atoms with E-state index in [9.17, 15) is 14.9 Å². The van der Waals surface area contributed by atoms with E-state index in [4.69, 9.17) is 4.74 Å². The van der Waals surface area contributed by atoms with E-state index in [1.54, 1.807) is 0 Å². The number of methoxy groups -OCH3 is 1. The van der Waals surface area contributed by atoms with Crippen LogP contribution in [0.25, 0.3) is 6.08 Å². The summed E-state index contributed by atoms with van der Waals surface area (Å²) in [5.41, 5.74) is 2.52. The van der Waals surface area contributed by atoms with Crippen molar-refractivity contribution in [2.45, 2.75) is 12.5 Å². The Morgan fingerprint density at radius 2 is 1.79 bits per heavy atom. The van der Waals surface area contributed by atoms with Gasteiger partial charge in [0.15, 0.2) is 0 Å². The van der Waals surface area contributed by atoms with Crippen molar-refractivity contribution in [2.24, 2.45) is 0 Å². The van der Waals surface area contributed by atoms with E-state index in [2.05, 4.69) is 5.32 Å². The number of nitriles is 1. The fraction of sp³-hybridized carbons (Fsp3) is 0.227. The van der Waals surface area contributed by atoms with Gasteiger partial charge >= 0.3 is 5.97 Å². The summed E-state index contributed by atoms with van der Waals surface area (Å²) >= 11 is 0. The molecule has 1 atom stereocenters. The molecule has 2 aromatic rings. The molecule has 0 radical (unpaired) electrons. The maximum Gasteiger partial charge on any atom is 0.328 e. The van der Waals surface area contributed by atoms with Gasteiger partial charge in [0, 0.05) is 26.2 Å². The summed E-state index contributed by atoms with van der Waals surface area (Å²) in [5, 5.41) is 12.0. The highest BCUT2D eigenvalue weighted by molar-refractivity contribution is 6.03. The van der Waals surface area contributed by atoms with E-state index in [-0.39, 0.29) is 12.0 Å². The number of carbonyl (C=O) groups excluding carboxylic acids is 2. The summed E-state index contributed by atoms with van der Waals surface area (Å²) in [6.07, 6.45) is 1.77. The molecule has 1 N–H and O–H groups in total. The van der Waals surface area contributed by atoms with Crippen LogP contribution in [0.4, 0.5) is 5.69 Å². The van der Waals surface area contributed by atoms with E-state index < -0.39 is 17.9 Å². The van der Waals surface area contributed by atoms with Crippen molar-refractivity contribution in [3.8, 4) is 6.07 Å². The van der Waals surface area contributed by atoms with E-state index in [1.807, 2.05) is 79.7 Å². The number of ether oxygens (including phenoxy) is 1. The van der Waals surface area contributed by atoms with Crippen LogP contribution in [0.5, 0.6) is 0 Å². The van der Waals surface area contributed by atoms with Crippen LogP contribution in [-0.4, -0.2) is 39.1 Å². The lowest BCUT2D eigenvalue weighted by Crippen LogP contribution is -2.43. The highest BCUT2D eigenvalue weighted by Crippen LogP contribution is 2.15. The van der Waals surface area contributed by atoms with Crippen molar-refractivity contribution >= 4 is 23.6 Å². The number of benzene rings is 2. The number of amides is 1. The Hall–Kier alpha value is -3.59. The Bertz CT molecular complexity index is 881. The van der Waals surface area contributed by atoms with Gasteiger partial charge in [-0.05, 0) is 29.3 Å². The number of rotatable bonds is 7. The smallest absolute Gasteiger partial charge is 0.328 e. The molecule has 0 fully saturated rings. The van der Waals surface area contributed by atoms with Crippen molar-refractivity contribution in [1.82, 2.24) is 5.32 Å². The standard InChI is InChI=1S/C22H23N3O3/c1-25(2)19-11-9-17(10-12-19)13-18(15-23)21(26)24-20(22(27)28-3)14-16-7-5-4-6-8-16/h4-13,20H,14H2,1-3H3,(H,24,26). The normalized spacial score (nSPS) is 11.9. The Labute approximate surface area is 165 Å². The molecule has 6 heteroatoms. The van der Waals surface area contributed by atoms with E-state index in [0.717, 1.165) is 16.8 Å². The summed E-state index contributed by atoms with van der Waals surface area (Å²) in [6, 6.07) is 17.7. The van der Waals surface area contributed by atoms with Crippen molar-refractivity contribution in [2.75, 3.05) is 26.1 Å².